The van der Waals surface area contributed by atoms with Crippen molar-refractivity contribution < 1.29 is 15.3 Å². The highest BCUT2D eigenvalue weighted by Gasteiger charge is 2.30. The lowest BCUT2D eigenvalue weighted by Crippen LogP contribution is -2.17. The van der Waals surface area contributed by atoms with E-state index in [1.807, 2.05) is 13.8 Å². The third-order valence-corrected chi connectivity index (χ3v) is 5.00. The minimum Gasteiger partial charge on any atom is -0.507 e. The van der Waals surface area contributed by atoms with Gasteiger partial charge in [0.05, 0.1) is 6.10 Å². The number of hydrogen-bond donors (Lipinski definition) is 3. The summed E-state index contributed by atoms with van der Waals surface area (Å²) in [5.74, 6) is 0.389. The fraction of sp³-hybridized carbons (Fsp3) is 0.524. The second kappa shape index (κ2) is 7.89. The largest absolute Gasteiger partial charge is 0.507 e. The van der Waals surface area contributed by atoms with E-state index in [9.17, 15) is 15.3 Å². The second-order valence-corrected chi connectivity index (χ2v) is 7.22. The fourth-order valence-corrected chi connectivity index (χ4v) is 3.75. The summed E-state index contributed by atoms with van der Waals surface area (Å²) in [5, 5.41) is 31.1. The van der Waals surface area contributed by atoms with E-state index in [4.69, 9.17) is 0 Å². The van der Waals surface area contributed by atoms with Gasteiger partial charge in [-0.1, -0.05) is 37.1 Å². The average molecular weight is 330 g/mol. The molecule has 0 saturated heterocycles. The second-order valence-electron chi connectivity index (χ2n) is 7.22. The topological polar surface area (TPSA) is 60.7 Å². The van der Waals surface area contributed by atoms with Crippen molar-refractivity contribution >= 4 is 0 Å². The maximum absolute atomic E-state index is 10.6. The Labute approximate surface area is 145 Å². The Morgan fingerprint density at radius 3 is 2.46 bits per heavy atom. The summed E-state index contributed by atoms with van der Waals surface area (Å²) in [6.45, 7) is 10.2. The first kappa shape index (κ1) is 18.6. The number of benzene rings is 1. The first-order valence-corrected chi connectivity index (χ1v) is 8.89. The van der Waals surface area contributed by atoms with Crippen LogP contribution in [0.15, 0.2) is 35.9 Å². The lowest BCUT2D eigenvalue weighted by Gasteiger charge is -2.31. The number of phenolic OH excluding ortho intramolecular Hbond substituents is 2. The van der Waals surface area contributed by atoms with Crippen molar-refractivity contribution in [2.75, 3.05) is 0 Å². The van der Waals surface area contributed by atoms with Crippen LogP contribution < -0.4 is 0 Å². The first-order chi connectivity index (χ1) is 11.3. The molecule has 1 aliphatic rings. The van der Waals surface area contributed by atoms with Crippen LogP contribution in [0.5, 0.6) is 11.5 Å². The molecular weight excluding hydrogens is 300 g/mol. The molecule has 1 aromatic rings. The van der Waals surface area contributed by atoms with E-state index in [1.165, 1.54) is 5.57 Å². The Morgan fingerprint density at radius 2 is 1.92 bits per heavy atom. The summed E-state index contributed by atoms with van der Waals surface area (Å²) in [7, 11) is 0. The number of aliphatic hydroxyl groups is 1. The van der Waals surface area contributed by atoms with Gasteiger partial charge in [0.15, 0.2) is 0 Å². The van der Waals surface area contributed by atoms with Crippen LogP contribution in [0.3, 0.4) is 0 Å². The number of phenols is 2. The van der Waals surface area contributed by atoms with Gasteiger partial charge in [-0.3, -0.25) is 0 Å². The maximum atomic E-state index is 10.6. The number of rotatable bonds is 6. The smallest absolute Gasteiger partial charge is 0.123 e. The molecule has 24 heavy (non-hydrogen) atoms. The Kier molecular flexibility index (Phi) is 6.11. The van der Waals surface area contributed by atoms with E-state index in [1.54, 1.807) is 12.1 Å². The van der Waals surface area contributed by atoms with Crippen molar-refractivity contribution in [3.05, 3.63) is 47.1 Å². The van der Waals surface area contributed by atoms with E-state index in [2.05, 4.69) is 19.6 Å². The zero-order valence-corrected chi connectivity index (χ0v) is 15.0. The Hall–Kier alpha value is -1.74. The van der Waals surface area contributed by atoms with E-state index < -0.39 is 6.10 Å². The molecule has 1 aliphatic carbocycles. The Morgan fingerprint density at radius 1 is 1.29 bits per heavy atom. The lowest BCUT2D eigenvalue weighted by atomic mass is 9.73. The minimum absolute atomic E-state index is 0.0501. The molecule has 132 valence electrons. The summed E-state index contributed by atoms with van der Waals surface area (Å²) in [6, 6.07) is 3.36. The van der Waals surface area contributed by atoms with Crippen LogP contribution in [0.4, 0.5) is 0 Å². The Bertz CT molecular complexity index is 607. The molecule has 0 amide bonds. The van der Waals surface area contributed by atoms with Gasteiger partial charge in [-0.15, -0.1) is 0 Å². The van der Waals surface area contributed by atoms with E-state index in [0.717, 1.165) is 30.4 Å². The van der Waals surface area contributed by atoms with E-state index in [-0.39, 0.29) is 23.3 Å². The van der Waals surface area contributed by atoms with Crippen LogP contribution >= 0.6 is 0 Å². The summed E-state index contributed by atoms with van der Waals surface area (Å²) in [6.07, 6.45) is 5.77. The molecule has 0 saturated carbocycles. The first-order valence-electron chi connectivity index (χ1n) is 8.89. The van der Waals surface area contributed by atoms with Crippen LogP contribution in [-0.2, 0) is 6.42 Å². The molecule has 1 unspecified atom stereocenters. The van der Waals surface area contributed by atoms with Crippen molar-refractivity contribution in [3.8, 4) is 11.5 Å². The minimum atomic E-state index is -0.445. The molecule has 0 radical (unpaired) electrons. The molecule has 2 rings (SSSR count). The third kappa shape index (κ3) is 4.21. The molecular formula is C21H30O3. The van der Waals surface area contributed by atoms with Crippen molar-refractivity contribution in [1.82, 2.24) is 0 Å². The molecule has 0 fully saturated rings. The van der Waals surface area contributed by atoms with Crippen LogP contribution in [0, 0.1) is 5.92 Å². The summed E-state index contributed by atoms with van der Waals surface area (Å²) in [5.41, 5.74) is 3.69. The van der Waals surface area contributed by atoms with Gasteiger partial charge in [-0.25, -0.2) is 0 Å². The van der Waals surface area contributed by atoms with Gasteiger partial charge in [0, 0.05) is 11.5 Å². The molecule has 0 heterocycles. The van der Waals surface area contributed by atoms with Crippen molar-refractivity contribution in [3.63, 3.8) is 0 Å². The summed E-state index contributed by atoms with van der Waals surface area (Å²) < 4.78 is 0. The summed E-state index contributed by atoms with van der Waals surface area (Å²) >= 11 is 0. The normalized spacial score (nSPS) is 22.1. The predicted octanol–water partition coefficient (Wildman–Crippen LogP) is 4.82. The van der Waals surface area contributed by atoms with Gasteiger partial charge in [-0.2, -0.15) is 0 Å². The average Bonchev–Trinajstić information content (AvgIpc) is 2.46. The van der Waals surface area contributed by atoms with Crippen LogP contribution in [0.25, 0.3) is 0 Å². The van der Waals surface area contributed by atoms with Gasteiger partial charge < -0.3 is 15.3 Å². The molecule has 3 atom stereocenters. The zero-order valence-electron chi connectivity index (χ0n) is 15.0. The molecule has 3 N–H and O–H groups in total. The quantitative estimate of drug-likeness (QED) is 0.656. The third-order valence-electron chi connectivity index (χ3n) is 5.00. The predicted molar refractivity (Wildman–Crippen MR) is 98.4 cm³/mol. The highest BCUT2D eigenvalue weighted by atomic mass is 16.3. The molecule has 1 aromatic carbocycles. The Balaban J connectivity index is 2.36. The van der Waals surface area contributed by atoms with Gasteiger partial charge in [0.1, 0.15) is 11.5 Å². The fourth-order valence-electron chi connectivity index (χ4n) is 3.75. The van der Waals surface area contributed by atoms with Crippen molar-refractivity contribution in [1.29, 1.82) is 0 Å². The molecule has 3 heteroatoms. The van der Waals surface area contributed by atoms with Gasteiger partial charge in [0.25, 0.3) is 0 Å². The highest BCUT2D eigenvalue weighted by molar-refractivity contribution is 5.51. The number of aromatic hydroxyl groups is 2. The maximum Gasteiger partial charge on any atom is 0.123 e. The standard InChI is InChI=1S/C21H30O3/c1-5-6-16(22)10-15-11-19(23)21(20(24)12-15)18-9-14(4)7-8-17(18)13(2)3/h9,11-12,16-18,22-24H,2,5-8,10H2,1,3-4H3/t16?,17-,18+/m0/s1. The SMILES string of the molecule is C=C(C)[C@@H]1CCC(C)=C[C@H]1c1c(O)cc(CC(O)CCC)cc1O. The highest BCUT2D eigenvalue weighted by Crippen LogP contribution is 2.46. The van der Waals surface area contributed by atoms with E-state index >= 15 is 0 Å². The van der Waals surface area contributed by atoms with Gasteiger partial charge in [0.2, 0.25) is 0 Å². The van der Waals surface area contributed by atoms with Crippen LogP contribution in [0.1, 0.15) is 63.5 Å². The zero-order chi connectivity index (χ0) is 17.9. The van der Waals surface area contributed by atoms with Crippen LogP contribution in [-0.4, -0.2) is 21.4 Å². The number of allylic oxidation sites excluding steroid dienone is 3. The molecule has 0 spiro atoms. The molecule has 0 aliphatic heterocycles. The van der Waals surface area contributed by atoms with E-state index in [0.29, 0.717) is 18.4 Å². The van der Waals surface area contributed by atoms with Gasteiger partial charge in [-0.05, 0) is 63.1 Å². The lowest BCUT2D eigenvalue weighted by molar-refractivity contribution is 0.163. The van der Waals surface area contributed by atoms with Gasteiger partial charge >= 0.3 is 0 Å². The van der Waals surface area contributed by atoms with Crippen LogP contribution in [0.2, 0.25) is 0 Å². The van der Waals surface area contributed by atoms with Crippen molar-refractivity contribution in [2.24, 2.45) is 5.92 Å². The molecule has 0 aromatic heterocycles. The number of hydrogen-bond acceptors (Lipinski definition) is 3. The molecule has 0 bridgehead atoms. The number of aliphatic hydroxyl groups excluding tert-OH is 1. The monoisotopic (exact) mass is 330 g/mol. The summed E-state index contributed by atoms with van der Waals surface area (Å²) in [4.78, 5) is 0. The molecule has 3 nitrogen and oxygen atoms in total. The van der Waals surface area contributed by atoms with Crippen molar-refractivity contribution in [2.45, 2.75) is 64.9 Å².